The van der Waals surface area contributed by atoms with Gasteiger partial charge in [0.2, 0.25) is 0 Å². The molecule has 4 saturated carbocycles. The topological polar surface area (TPSA) is 74.6 Å². The molecule has 200 valence electrons. The number of aliphatic hydroxyl groups excluding tert-OH is 1. The highest BCUT2D eigenvalue weighted by molar-refractivity contribution is 5.77. The molecule has 0 aromatic rings. The second-order valence-electron chi connectivity index (χ2n) is 13.6. The molecular weight excluding hydrogens is 436 g/mol. The van der Waals surface area contributed by atoms with Gasteiger partial charge in [0.25, 0.3) is 0 Å². The van der Waals surface area contributed by atoms with Crippen LogP contribution in [0.4, 0.5) is 0 Å². The average Bonchev–Trinajstić information content (AvgIpc) is 2.84. The fraction of sp³-hybridized carbons (Fsp3) is 0.871. The monoisotopic (exact) mass is 488 g/mol. The van der Waals surface area contributed by atoms with Gasteiger partial charge in [-0.3, -0.25) is 4.79 Å². The molecule has 0 bridgehead atoms. The molecule has 0 aromatic heterocycles. The largest absolute Gasteiger partial charge is 0.481 e. The Morgan fingerprint density at radius 2 is 1.66 bits per heavy atom. The zero-order valence-electron chi connectivity index (χ0n) is 23.3. The molecule has 0 spiro atoms. The Morgan fingerprint density at radius 3 is 2.23 bits per heavy atom. The second kappa shape index (κ2) is 9.95. The number of carbonyl (C=O) groups excluding carboxylic acids is 1. The van der Waals surface area contributed by atoms with E-state index in [1.807, 2.05) is 0 Å². The number of rotatable bonds is 5. The zero-order chi connectivity index (χ0) is 26.4. The highest BCUT2D eigenvalue weighted by Crippen LogP contribution is 2.73. The van der Waals surface area contributed by atoms with E-state index in [0.29, 0.717) is 24.0 Å². The Labute approximate surface area is 214 Å². The van der Waals surface area contributed by atoms with Crippen molar-refractivity contribution in [3.05, 3.63) is 13.2 Å². The normalized spacial score (nSPS) is 48.6. The van der Waals surface area contributed by atoms with Crippen molar-refractivity contribution in [2.24, 2.45) is 57.2 Å². The van der Waals surface area contributed by atoms with Crippen molar-refractivity contribution >= 4 is 12.3 Å². The predicted molar refractivity (Wildman–Crippen MR) is 142 cm³/mol. The first-order valence-electron chi connectivity index (χ1n) is 14.3. The van der Waals surface area contributed by atoms with Crippen LogP contribution in [0.15, 0.2) is 13.2 Å². The molecule has 11 unspecified atom stereocenters. The molecule has 35 heavy (non-hydrogen) atoms. The van der Waals surface area contributed by atoms with E-state index in [4.69, 9.17) is 0 Å². The minimum atomic E-state index is -1.22. The Morgan fingerprint density at radius 1 is 1.00 bits per heavy atom. The molecule has 0 amide bonds. The number of hydrogen-bond donors (Lipinski definition) is 2. The lowest BCUT2D eigenvalue weighted by Gasteiger charge is -2.70. The van der Waals surface area contributed by atoms with E-state index in [2.05, 4.69) is 47.8 Å². The van der Waals surface area contributed by atoms with Gasteiger partial charge in [0, 0.05) is 5.92 Å². The summed E-state index contributed by atoms with van der Waals surface area (Å²) in [5.41, 5.74) is -0.358. The first-order chi connectivity index (χ1) is 16.4. The lowest BCUT2D eigenvalue weighted by atomic mass is 9.34. The number of aliphatic hydroxyl groups is 1. The summed E-state index contributed by atoms with van der Waals surface area (Å²) in [6.07, 6.45) is 10.5. The van der Waals surface area contributed by atoms with Gasteiger partial charge in [-0.25, -0.2) is 0 Å². The Bertz CT molecular complexity index is 795. The molecule has 4 aliphatic carbocycles. The van der Waals surface area contributed by atoms with Crippen LogP contribution in [0.25, 0.3) is 0 Å². The summed E-state index contributed by atoms with van der Waals surface area (Å²) in [6.45, 7) is 19.9. The molecule has 0 radical (unpaired) electrons. The number of hydrogen-bond acceptors (Lipinski definition) is 3. The van der Waals surface area contributed by atoms with E-state index in [1.54, 1.807) is 6.92 Å². The van der Waals surface area contributed by atoms with Crippen molar-refractivity contribution in [1.29, 1.82) is 0 Å². The summed E-state index contributed by atoms with van der Waals surface area (Å²) >= 11 is 0. The quantitative estimate of drug-likeness (QED) is 0.318. The van der Waals surface area contributed by atoms with Crippen molar-refractivity contribution in [2.45, 2.75) is 112 Å². The zero-order valence-corrected chi connectivity index (χ0v) is 23.3. The number of carbonyl (C=O) groups is 2. The third-order valence-corrected chi connectivity index (χ3v) is 12.4. The number of aliphatic carboxylic acids is 1. The summed E-state index contributed by atoms with van der Waals surface area (Å²) in [6, 6.07) is 0. The summed E-state index contributed by atoms with van der Waals surface area (Å²) in [5.74, 6) is 1.46. The molecule has 11 atom stereocenters. The van der Waals surface area contributed by atoms with Crippen LogP contribution in [-0.4, -0.2) is 28.6 Å². The highest BCUT2D eigenvalue weighted by Gasteiger charge is 2.68. The van der Waals surface area contributed by atoms with Crippen LogP contribution in [0.3, 0.4) is 0 Å². The third kappa shape index (κ3) is 4.05. The number of fused-ring (bicyclic) bond motifs is 5. The van der Waals surface area contributed by atoms with Crippen molar-refractivity contribution in [2.75, 3.05) is 0 Å². The molecule has 4 rings (SSSR count). The Kier molecular flexibility index (Phi) is 8.08. The summed E-state index contributed by atoms with van der Waals surface area (Å²) in [5, 5.41) is 21.1. The van der Waals surface area contributed by atoms with Crippen LogP contribution < -0.4 is 0 Å². The fourth-order valence-corrected chi connectivity index (χ4v) is 10.6. The highest BCUT2D eigenvalue weighted by atomic mass is 16.4. The van der Waals surface area contributed by atoms with E-state index < -0.39 is 23.4 Å². The molecule has 4 nitrogen and oxygen atoms in total. The van der Waals surface area contributed by atoms with Crippen LogP contribution in [0.2, 0.25) is 0 Å². The van der Waals surface area contributed by atoms with Crippen LogP contribution in [-0.2, 0) is 9.59 Å². The van der Waals surface area contributed by atoms with Gasteiger partial charge in [-0.05, 0) is 97.2 Å². The SMILES string of the molecule is C=C.CCC1C2(C)CCC3C4CC(C)CCC4(C)CCC3(C)C2CCC1(C(=O)O)C(C)C(O)C=O. The summed E-state index contributed by atoms with van der Waals surface area (Å²) in [7, 11) is 0. The average molecular weight is 489 g/mol. The first kappa shape index (κ1) is 28.4. The molecule has 0 aromatic carbocycles. The summed E-state index contributed by atoms with van der Waals surface area (Å²) < 4.78 is 0. The van der Waals surface area contributed by atoms with E-state index >= 15 is 0 Å². The fourth-order valence-electron chi connectivity index (χ4n) is 10.6. The number of aldehydes is 1. The maximum Gasteiger partial charge on any atom is 0.310 e. The van der Waals surface area contributed by atoms with Gasteiger partial charge in [-0.2, -0.15) is 0 Å². The van der Waals surface area contributed by atoms with Crippen LogP contribution in [0.1, 0.15) is 106 Å². The minimum Gasteiger partial charge on any atom is -0.481 e. The Hall–Kier alpha value is -1.16. The van der Waals surface area contributed by atoms with Crippen LogP contribution >= 0.6 is 0 Å². The van der Waals surface area contributed by atoms with Crippen LogP contribution in [0.5, 0.6) is 0 Å². The van der Waals surface area contributed by atoms with Crippen molar-refractivity contribution < 1.29 is 19.8 Å². The predicted octanol–water partition coefficient (Wildman–Crippen LogP) is 7.15. The van der Waals surface area contributed by atoms with Gasteiger partial charge >= 0.3 is 5.97 Å². The van der Waals surface area contributed by atoms with Gasteiger partial charge in [-0.1, -0.05) is 54.4 Å². The molecule has 0 heterocycles. The Balaban J connectivity index is 0.00000167. The molecular formula is C31H52O4. The van der Waals surface area contributed by atoms with Crippen molar-refractivity contribution in [1.82, 2.24) is 0 Å². The summed E-state index contributed by atoms with van der Waals surface area (Å²) in [4.78, 5) is 24.4. The number of carboxylic acids is 1. The molecule has 2 N–H and O–H groups in total. The van der Waals surface area contributed by atoms with Gasteiger partial charge in [0.15, 0.2) is 0 Å². The lowest BCUT2D eigenvalue weighted by Crippen LogP contribution is -2.65. The molecule has 4 aliphatic rings. The maximum atomic E-state index is 12.9. The van der Waals surface area contributed by atoms with Crippen molar-refractivity contribution in [3.8, 4) is 0 Å². The van der Waals surface area contributed by atoms with E-state index in [-0.39, 0.29) is 16.7 Å². The molecule has 0 saturated heterocycles. The van der Waals surface area contributed by atoms with Crippen LogP contribution in [0, 0.1) is 57.2 Å². The second-order valence-corrected chi connectivity index (χ2v) is 13.6. The van der Waals surface area contributed by atoms with E-state index in [0.717, 1.165) is 37.0 Å². The molecule has 0 aliphatic heterocycles. The third-order valence-electron chi connectivity index (χ3n) is 12.4. The minimum absolute atomic E-state index is 0.0257. The van der Waals surface area contributed by atoms with Gasteiger partial charge in [0.1, 0.15) is 12.4 Å². The van der Waals surface area contributed by atoms with E-state index in [1.165, 1.54) is 38.5 Å². The number of carboxylic acid groups (broad SMARTS) is 1. The molecule has 4 fully saturated rings. The van der Waals surface area contributed by atoms with Gasteiger partial charge < -0.3 is 15.0 Å². The van der Waals surface area contributed by atoms with Gasteiger partial charge in [-0.15, -0.1) is 13.2 Å². The maximum absolute atomic E-state index is 12.9. The first-order valence-corrected chi connectivity index (χ1v) is 14.3. The van der Waals surface area contributed by atoms with E-state index in [9.17, 15) is 19.8 Å². The van der Waals surface area contributed by atoms with Crippen molar-refractivity contribution in [3.63, 3.8) is 0 Å². The lowest BCUT2D eigenvalue weighted by molar-refractivity contribution is -0.224. The standard InChI is InChI=1S/C29H48O4.C2H4/c1-7-23-28(6)12-9-20-21-16-18(2)8-11-26(21,4)14-15-27(20,5)24(28)10-13-29(23,25(32)33)19(3)22(31)17-30;1-2/h17-24,31H,7-16H2,1-6H3,(H,32,33);1-2H2. The van der Waals surface area contributed by atoms with Gasteiger partial charge in [0.05, 0.1) is 5.41 Å². The smallest absolute Gasteiger partial charge is 0.310 e. The molecule has 4 heteroatoms.